The van der Waals surface area contributed by atoms with Gasteiger partial charge in [-0.25, -0.2) is 0 Å². The molecule has 0 aromatic heterocycles. The first kappa shape index (κ1) is 12.7. The van der Waals surface area contributed by atoms with Gasteiger partial charge in [-0.1, -0.05) is 24.3 Å². The molecule has 0 unspecified atom stereocenters. The molecule has 3 rings (SSSR count). The van der Waals surface area contributed by atoms with E-state index >= 15 is 0 Å². The number of methoxy groups -OCH3 is 1. The zero-order valence-electron chi connectivity index (χ0n) is 10.9. The van der Waals surface area contributed by atoms with Crippen molar-refractivity contribution in [1.29, 1.82) is 0 Å². The summed E-state index contributed by atoms with van der Waals surface area (Å²) in [6.07, 6.45) is -0.760. The molecule has 102 valence electrons. The van der Waals surface area contributed by atoms with Gasteiger partial charge in [-0.2, -0.15) is 0 Å². The van der Waals surface area contributed by atoms with Crippen LogP contribution in [-0.4, -0.2) is 24.1 Å². The minimum absolute atomic E-state index is 0.0125. The van der Waals surface area contributed by atoms with Crippen molar-refractivity contribution in [2.24, 2.45) is 0 Å². The molecule has 1 N–H and O–H groups in total. The number of rotatable bonds is 4. The van der Waals surface area contributed by atoms with Crippen LogP contribution in [0.2, 0.25) is 0 Å². The summed E-state index contributed by atoms with van der Waals surface area (Å²) in [6.45, 7) is 0. The number of Topliss-reactive ketones (excluding diaryl/α,β-unsaturated/α-hetero) is 1. The number of para-hydroxylation sites is 1. The molecule has 2 aromatic carbocycles. The van der Waals surface area contributed by atoms with Gasteiger partial charge in [0.1, 0.15) is 17.6 Å². The number of hydrogen-bond acceptors (Lipinski definition) is 4. The maximum Gasteiger partial charge on any atom is 0.198 e. The monoisotopic (exact) mass is 270 g/mol. The number of carbonyl (C=O) groups is 1. The SMILES string of the molecule is COc1ccc([C@@H]2O[C@@H]2C(=O)c2ccccc2O)cc1. The van der Waals surface area contributed by atoms with E-state index < -0.39 is 6.10 Å². The Morgan fingerprint density at radius 3 is 2.50 bits per heavy atom. The van der Waals surface area contributed by atoms with Crippen molar-refractivity contribution in [2.45, 2.75) is 12.2 Å². The molecule has 0 saturated carbocycles. The minimum Gasteiger partial charge on any atom is -0.507 e. The molecule has 1 heterocycles. The van der Waals surface area contributed by atoms with Crippen molar-refractivity contribution in [3.8, 4) is 11.5 Å². The first-order chi connectivity index (χ1) is 9.70. The van der Waals surface area contributed by atoms with Crippen LogP contribution in [0.5, 0.6) is 11.5 Å². The van der Waals surface area contributed by atoms with Crippen LogP contribution in [0.25, 0.3) is 0 Å². The minimum atomic E-state index is -0.517. The summed E-state index contributed by atoms with van der Waals surface area (Å²) >= 11 is 0. The number of epoxide rings is 1. The van der Waals surface area contributed by atoms with E-state index in [9.17, 15) is 9.90 Å². The molecule has 20 heavy (non-hydrogen) atoms. The Morgan fingerprint density at radius 2 is 1.85 bits per heavy atom. The van der Waals surface area contributed by atoms with Crippen LogP contribution in [-0.2, 0) is 4.74 Å². The number of phenolic OH excluding ortho intramolecular Hbond substituents is 1. The molecule has 1 fully saturated rings. The molecular formula is C16H14O4. The summed E-state index contributed by atoms with van der Waals surface area (Å²) in [6, 6.07) is 13.9. The lowest BCUT2D eigenvalue weighted by Gasteiger charge is -2.02. The van der Waals surface area contributed by atoms with Gasteiger partial charge in [-0.3, -0.25) is 4.79 Å². The number of aromatic hydroxyl groups is 1. The normalized spacial score (nSPS) is 20.4. The quantitative estimate of drug-likeness (QED) is 0.685. The third kappa shape index (κ3) is 2.26. The molecule has 1 saturated heterocycles. The summed E-state index contributed by atoms with van der Waals surface area (Å²) in [5, 5.41) is 9.69. The highest BCUT2D eigenvalue weighted by Crippen LogP contribution is 2.41. The number of hydrogen-bond donors (Lipinski definition) is 1. The zero-order chi connectivity index (χ0) is 14.1. The third-order valence-corrected chi connectivity index (χ3v) is 3.36. The molecule has 1 aliphatic rings. The molecule has 0 radical (unpaired) electrons. The molecule has 0 amide bonds. The Kier molecular flexibility index (Phi) is 3.16. The van der Waals surface area contributed by atoms with E-state index in [0.29, 0.717) is 5.56 Å². The molecule has 0 bridgehead atoms. The second-order valence-corrected chi connectivity index (χ2v) is 4.63. The highest BCUT2D eigenvalue weighted by molar-refractivity contribution is 6.03. The molecule has 4 heteroatoms. The molecule has 1 aliphatic heterocycles. The Labute approximate surface area is 116 Å². The lowest BCUT2D eigenvalue weighted by Crippen LogP contribution is -2.08. The second kappa shape index (κ2) is 4.98. The van der Waals surface area contributed by atoms with Crippen LogP contribution in [0, 0.1) is 0 Å². The van der Waals surface area contributed by atoms with Crippen molar-refractivity contribution in [1.82, 2.24) is 0 Å². The first-order valence-corrected chi connectivity index (χ1v) is 6.32. The van der Waals surface area contributed by atoms with Crippen molar-refractivity contribution in [3.05, 3.63) is 59.7 Å². The topological polar surface area (TPSA) is 59.1 Å². The molecule has 0 spiro atoms. The molecule has 2 atom stereocenters. The van der Waals surface area contributed by atoms with Gasteiger partial charge in [0, 0.05) is 0 Å². The Morgan fingerprint density at radius 1 is 1.15 bits per heavy atom. The summed E-state index contributed by atoms with van der Waals surface area (Å²) in [5.41, 5.74) is 1.23. The van der Waals surface area contributed by atoms with Gasteiger partial charge in [-0.05, 0) is 29.8 Å². The molecule has 2 aromatic rings. The van der Waals surface area contributed by atoms with Crippen LogP contribution in [0.3, 0.4) is 0 Å². The predicted molar refractivity (Wildman–Crippen MR) is 73.0 cm³/mol. The van der Waals surface area contributed by atoms with Crippen molar-refractivity contribution in [2.75, 3.05) is 7.11 Å². The zero-order valence-corrected chi connectivity index (χ0v) is 10.9. The van der Waals surface area contributed by atoms with Gasteiger partial charge in [0.2, 0.25) is 0 Å². The van der Waals surface area contributed by atoms with Gasteiger partial charge >= 0.3 is 0 Å². The number of ketones is 1. The van der Waals surface area contributed by atoms with E-state index in [-0.39, 0.29) is 17.6 Å². The average Bonchev–Trinajstić information content (AvgIpc) is 3.28. The smallest absolute Gasteiger partial charge is 0.198 e. The van der Waals surface area contributed by atoms with E-state index in [1.165, 1.54) is 6.07 Å². The summed E-state index contributed by atoms with van der Waals surface area (Å²) in [5.74, 6) is 0.559. The van der Waals surface area contributed by atoms with Crippen LogP contribution >= 0.6 is 0 Å². The Bertz CT molecular complexity index is 633. The lowest BCUT2D eigenvalue weighted by atomic mass is 10.0. The van der Waals surface area contributed by atoms with E-state index in [1.807, 2.05) is 24.3 Å². The van der Waals surface area contributed by atoms with Gasteiger partial charge in [0.25, 0.3) is 0 Å². The fourth-order valence-corrected chi connectivity index (χ4v) is 2.19. The highest BCUT2D eigenvalue weighted by atomic mass is 16.6. The summed E-state index contributed by atoms with van der Waals surface area (Å²) in [4.78, 5) is 12.2. The number of benzene rings is 2. The number of ether oxygens (including phenoxy) is 2. The number of carbonyl (C=O) groups excluding carboxylic acids is 1. The van der Waals surface area contributed by atoms with E-state index in [0.717, 1.165) is 11.3 Å². The maximum atomic E-state index is 12.2. The summed E-state index contributed by atoms with van der Waals surface area (Å²) < 4.78 is 10.5. The van der Waals surface area contributed by atoms with Gasteiger partial charge in [0.05, 0.1) is 12.7 Å². The van der Waals surface area contributed by atoms with Crippen LogP contribution in [0.15, 0.2) is 48.5 Å². The van der Waals surface area contributed by atoms with Gasteiger partial charge < -0.3 is 14.6 Å². The van der Waals surface area contributed by atoms with Crippen LogP contribution in [0.1, 0.15) is 22.0 Å². The van der Waals surface area contributed by atoms with E-state index in [2.05, 4.69) is 0 Å². The molecule has 4 nitrogen and oxygen atoms in total. The van der Waals surface area contributed by atoms with Crippen molar-refractivity contribution < 1.29 is 19.4 Å². The largest absolute Gasteiger partial charge is 0.507 e. The second-order valence-electron chi connectivity index (χ2n) is 4.63. The fourth-order valence-electron chi connectivity index (χ4n) is 2.19. The Hall–Kier alpha value is -2.33. The fraction of sp³-hybridized carbons (Fsp3) is 0.188. The van der Waals surface area contributed by atoms with Crippen LogP contribution < -0.4 is 4.74 Å². The Balaban J connectivity index is 1.75. The standard InChI is InChI=1S/C16H14O4/c1-19-11-8-6-10(7-9-11)15-16(20-15)14(18)12-4-2-3-5-13(12)17/h2-9,15-17H,1H3/t15-,16+/m0/s1. The van der Waals surface area contributed by atoms with Crippen molar-refractivity contribution in [3.63, 3.8) is 0 Å². The molecular weight excluding hydrogens is 256 g/mol. The average molecular weight is 270 g/mol. The lowest BCUT2D eigenvalue weighted by molar-refractivity contribution is 0.0951. The highest BCUT2D eigenvalue weighted by Gasteiger charge is 2.46. The van der Waals surface area contributed by atoms with E-state index in [1.54, 1.807) is 25.3 Å². The van der Waals surface area contributed by atoms with E-state index in [4.69, 9.17) is 9.47 Å². The van der Waals surface area contributed by atoms with Crippen molar-refractivity contribution >= 4 is 5.78 Å². The first-order valence-electron chi connectivity index (χ1n) is 6.32. The third-order valence-electron chi connectivity index (χ3n) is 3.36. The molecule has 0 aliphatic carbocycles. The van der Waals surface area contributed by atoms with Gasteiger partial charge in [-0.15, -0.1) is 0 Å². The summed E-state index contributed by atoms with van der Waals surface area (Å²) in [7, 11) is 1.60. The number of phenols is 1. The maximum absolute atomic E-state index is 12.2. The van der Waals surface area contributed by atoms with Crippen LogP contribution in [0.4, 0.5) is 0 Å². The van der Waals surface area contributed by atoms with Gasteiger partial charge in [0.15, 0.2) is 11.9 Å². The predicted octanol–water partition coefficient (Wildman–Crippen LogP) is 2.72.